The third kappa shape index (κ3) is 3.15. The molecule has 0 unspecified atom stereocenters. The van der Waals surface area contributed by atoms with Crippen LogP contribution in [0.15, 0.2) is 90.3 Å². The van der Waals surface area contributed by atoms with Crippen molar-refractivity contribution in [2.45, 2.75) is 0 Å². The molecular formula is C24H16N2OS. The normalized spacial score (nSPS) is 11.0. The molecule has 0 saturated carbocycles. The zero-order chi connectivity index (χ0) is 18.9. The maximum atomic E-state index is 12.6. The Hall–Kier alpha value is -3.50. The number of benzene rings is 4. The van der Waals surface area contributed by atoms with Crippen LogP contribution >= 0.6 is 11.3 Å². The fourth-order valence-corrected chi connectivity index (χ4v) is 4.03. The minimum atomic E-state index is -0.148. The van der Waals surface area contributed by atoms with E-state index in [2.05, 4.69) is 40.6 Å². The molecule has 0 spiro atoms. The lowest BCUT2D eigenvalue weighted by Gasteiger charge is -2.04. The molecule has 1 amide bonds. The van der Waals surface area contributed by atoms with E-state index in [-0.39, 0.29) is 5.91 Å². The van der Waals surface area contributed by atoms with Gasteiger partial charge >= 0.3 is 0 Å². The van der Waals surface area contributed by atoms with E-state index in [0.29, 0.717) is 10.7 Å². The Balaban J connectivity index is 1.39. The number of thiazole rings is 1. The van der Waals surface area contributed by atoms with Crippen molar-refractivity contribution >= 4 is 43.9 Å². The SMILES string of the molecule is O=C(Nc1nc(-c2ccc3ccccc3c2)cs1)c1ccc2ccccc2c1. The Morgan fingerprint density at radius 2 is 1.39 bits per heavy atom. The van der Waals surface area contributed by atoms with Crippen molar-refractivity contribution in [2.75, 3.05) is 5.32 Å². The van der Waals surface area contributed by atoms with Gasteiger partial charge in [0, 0.05) is 16.5 Å². The lowest BCUT2D eigenvalue weighted by molar-refractivity contribution is 0.102. The molecule has 0 atom stereocenters. The number of fused-ring (bicyclic) bond motifs is 2. The van der Waals surface area contributed by atoms with Crippen LogP contribution in [-0.2, 0) is 0 Å². The Labute approximate surface area is 166 Å². The Morgan fingerprint density at radius 1 is 0.750 bits per heavy atom. The van der Waals surface area contributed by atoms with E-state index in [1.807, 2.05) is 60.0 Å². The van der Waals surface area contributed by atoms with Gasteiger partial charge in [0.1, 0.15) is 0 Å². The molecule has 0 aliphatic carbocycles. The number of amides is 1. The van der Waals surface area contributed by atoms with Gasteiger partial charge in [-0.1, -0.05) is 66.7 Å². The number of anilines is 1. The van der Waals surface area contributed by atoms with E-state index < -0.39 is 0 Å². The van der Waals surface area contributed by atoms with Crippen molar-refractivity contribution in [1.29, 1.82) is 0 Å². The van der Waals surface area contributed by atoms with E-state index >= 15 is 0 Å². The molecule has 5 aromatic rings. The van der Waals surface area contributed by atoms with Crippen molar-refractivity contribution < 1.29 is 4.79 Å². The van der Waals surface area contributed by atoms with Crippen LogP contribution in [0, 0.1) is 0 Å². The first-order valence-electron chi connectivity index (χ1n) is 9.01. The van der Waals surface area contributed by atoms with Gasteiger partial charge in [-0.25, -0.2) is 4.98 Å². The number of nitrogens with zero attached hydrogens (tertiary/aromatic N) is 1. The summed E-state index contributed by atoms with van der Waals surface area (Å²) in [7, 11) is 0. The standard InChI is InChI=1S/C24H16N2OS/c27-23(21-12-10-17-6-2-4-8-19(17)14-21)26-24-25-22(15-28-24)20-11-9-16-5-1-3-7-18(16)13-20/h1-15H,(H,25,26,27). The summed E-state index contributed by atoms with van der Waals surface area (Å²) in [4.78, 5) is 17.2. The maximum Gasteiger partial charge on any atom is 0.257 e. The highest BCUT2D eigenvalue weighted by Gasteiger charge is 2.11. The molecule has 0 fully saturated rings. The molecule has 0 aliphatic rings. The van der Waals surface area contributed by atoms with Crippen molar-refractivity contribution in [3.05, 3.63) is 95.9 Å². The number of hydrogen-bond donors (Lipinski definition) is 1. The lowest BCUT2D eigenvalue weighted by atomic mass is 10.1. The van der Waals surface area contributed by atoms with E-state index in [1.54, 1.807) is 0 Å². The minimum absolute atomic E-state index is 0.148. The number of rotatable bonds is 3. The molecule has 0 saturated heterocycles. The van der Waals surface area contributed by atoms with Crippen LogP contribution in [0.5, 0.6) is 0 Å². The van der Waals surface area contributed by atoms with Gasteiger partial charge in [-0.05, 0) is 39.7 Å². The minimum Gasteiger partial charge on any atom is -0.298 e. The van der Waals surface area contributed by atoms with Crippen molar-refractivity contribution in [3.8, 4) is 11.3 Å². The highest BCUT2D eigenvalue weighted by atomic mass is 32.1. The number of carbonyl (C=O) groups excluding carboxylic acids is 1. The predicted octanol–water partition coefficient (Wildman–Crippen LogP) is 6.37. The van der Waals surface area contributed by atoms with Gasteiger partial charge in [0.05, 0.1) is 5.69 Å². The third-order valence-corrected chi connectivity index (χ3v) is 5.54. The molecule has 3 nitrogen and oxygen atoms in total. The molecule has 1 N–H and O–H groups in total. The molecule has 0 bridgehead atoms. The summed E-state index contributed by atoms with van der Waals surface area (Å²) >= 11 is 1.43. The van der Waals surface area contributed by atoms with Crippen LogP contribution in [0.4, 0.5) is 5.13 Å². The van der Waals surface area contributed by atoms with Gasteiger partial charge in [-0.2, -0.15) is 0 Å². The summed E-state index contributed by atoms with van der Waals surface area (Å²) in [6.45, 7) is 0. The fraction of sp³-hybridized carbons (Fsp3) is 0. The average Bonchev–Trinajstić information content (AvgIpc) is 3.21. The molecule has 5 rings (SSSR count). The van der Waals surface area contributed by atoms with Gasteiger partial charge in [0.2, 0.25) is 0 Å². The summed E-state index contributed by atoms with van der Waals surface area (Å²) in [6, 6.07) is 28.2. The predicted molar refractivity (Wildman–Crippen MR) is 117 cm³/mol. The summed E-state index contributed by atoms with van der Waals surface area (Å²) in [5, 5.41) is 10.0. The molecular weight excluding hydrogens is 364 g/mol. The summed E-state index contributed by atoms with van der Waals surface area (Å²) in [6.07, 6.45) is 0. The highest BCUT2D eigenvalue weighted by molar-refractivity contribution is 7.14. The van der Waals surface area contributed by atoms with Crippen LogP contribution in [0.25, 0.3) is 32.8 Å². The topological polar surface area (TPSA) is 42.0 Å². The van der Waals surface area contributed by atoms with Crippen molar-refractivity contribution in [3.63, 3.8) is 0 Å². The van der Waals surface area contributed by atoms with E-state index in [1.165, 1.54) is 22.1 Å². The smallest absolute Gasteiger partial charge is 0.257 e. The first-order chi connectivity index (χ1) is 13.8. The molecule has 4 heteroatoms. The van der Waals surface area contributed by atoms with Gasteiger partial charge in [-0.3, -0.25) is 10.1 Å². The van der Waals surface area contributed by atoms with Crippen LogP contribution in [0.1, 0.15) is 10.4 Å². The Morgan fingerprint density at radius 3 is 2.14 bits per heavy atom. The number of carbonyl (C=O) groups is 1. The lowest BCUT2D eigenvalue weighted by Crippen LogP contribution is -2.11. The van der Waals surface area contributed by atoms with E-state index in [4.69, 9.17) is 0 Å². The zero-order valence-electron chi connectivity index (χ0n) is 14.9. The van der Waals surface area contributed by atoms with Crippen molar-refractivity contribution in [2.24, 2.45) is 0 Å². The quantitative estimate of drug-likeness (QED) is 0.395. The number of hydrogen-bond acceptors (Lipinski definition) is 3. The highest BCUT2D eigenvalue weighted by Crippen LogP contribution is 2.28. The molecule has 1 aromatic heterocycles. The number of aromatic nitrogens is 1. The van der Waals surface area contributed by atoms with Crippen LogP contribution in [-0.4, -0.2) is 10.9 Å². The fourth-order valence-electron chi connectivity index (χ4n) is 3.31. The summed E-state index contributed by atoms with van der Waals surface area (Å²) in [5.74, 6) is -0.148. The Kier molecular flexibility index (Phi) is 4.11. The number of nitrogens with one attached hydrogen (secondary N) is 1. The van der Waals surface area contributed by atoms with Crippen LogP contribution in [0.2, 0.25) is 0 Å². The Bertz CT molecular complexity index is 1320. The van der Waals surface area contributed by atoms with E-state index in [9.17, 15) is 4.79 Å². The molecule has 134 valence electrons. The third-order valence-electron chi connectivity index (χ3n) is 4.78. The van der Waals surface area contributed by atoms with Gasteiger partial charge in [0.15, 0.2) is 5.13 Å². The molecule has 28 heavy (non-hydrogen) atoms. The van der Waals surface area contributed by atoms with Gasteiger partial charge < -0.3 is 0 Å². The second-order valence-corrected chi connectivity index (χ2v) is 7.47. The van der Waals surface area contributed by atoms with Crippen molar-refractivity contribution in [1.82, 2.24) is 4.98 Å². The van der Waals surface area contributed by atoms with E-state index in [0.717, 1.165) is 22.0 Å². The first kappa shape index (κ1) is 16.7. The molecule has 4 aromatic carbocycles. The molecule has 0 aliphatic heterocycles. The second kappa shape index (κ2) is 6.91. The summed E-state index contributed by atoms with van der Waals surface area (Å²) < 4.78 is 0. The molecule has 1 heterocycles. The summed E-state index contributed by atoms with van der Waals surface area (Å²) in [5.41, 5.74) is 2.53. The second-order valence-electron chi connectivity index (χ2n) is 6.62. The van der Waals surface area contributed by atoms with Gasteiger partial charge in [-0.15, -0.1) is 11.3 Å². The first-order valence-corrected chi connectivity index (χ1v) is 9.89. The van der Waals surface area contributed by atoms with Crippen LogP contribution < -0.4 is 5.32 Å². The van der Waals surface area contributed by atoms with Gasteiger partial charge in [0.25, 0.3) is 5.91 Å². The average molecular weight is 380 g/mol. The zero-order valence-corrected chi connectivity index (χ0v) is 15.7. The monoisotopic (exact) mass is 380 g/mol. The maximum absolute atomic E-state index is 12.6. The van der Waals surface area contributed by atoms with Crippen LogP contribution in [0.3, 0.4) is 0 Å². The largest absolute Gasteiger partial charge is 0.298 e. The molecule has 0 radical (unpaired) electrons.